The summed E-state index contributed by atoms with van der Waals surface area (Å²) in [6.07, 6.45) is -2.98. The number of nitrogens with zero attached hydrogens (tertiary/aromatic N) is 2. The SMILES string of the molecule is N#Cc1cccc(Cn2ccc3cc(C(F)(F)F)ccc3c2=O)c1. The monoisotopic (exact) mass is 328 g/mol. The zero-order chi connectivity index (χ0) is 17.3. The van der Waals surface area contributed by atoms with Crippen LogP contribution in [0, 0.1) is 11.3 Å². The molecule has 0 aliphatic carbocycles. The Morgan fingerprint density at radius 3 is 2.58 bits per heavy atom. The number of halogens is 3. The molecule has 3 nitrogen and oxygen atoms in total. The first-order chi connectivity index (χ1) is 11.4. The van der Waals surface area contributed by atoms with E-state index in [0.717, 1.165) is 17.7 Å². The van der Waals surface area contributed by atoms with E-state index in [0.29, 0.717) is 5.56 Å². The van der Waals surface area contributed by atoms with Crippen molar-refractivity contribution >= 4 is 10.8 Å². The van der Waals surface area contributed by atoms with Crippen molar-refractivity contribution in [1.82, 2.24) is 4.57 Å². The number of pyridine rings is 1. The first kappa shape index (κ1) is 15.8. The zero-order valence-corrected chi connectivity index (χ0v) is 12.3. The van der Waals surface area contributed by atoms with Crippen LogP contribution in [0.15, 0.2) is 59.5 Å². The van der Waals surface area contributed by atoms with Gasteiger partial charge in [-0.2, -0.15) is 18.4 Å². The predicted octanol–water partition coefficient (Wildman–Crippen LogP) is 3.94. The van der Waals surface area contributed by atoms with Crippen molar-refractivity contribution in [3.05, 3.63) is 81.8 Å². The third-order valence-corrected chi connectivity index (χ3v) is 3.71. The third kappa shape index (κ3) is 3.01. The molecule has 0 fully saturated rings. The molecule has 0 radical (unpaired) electrons. The first-order valence-electron chi connectivity index (χ1n) is 7.08. The molecule has 0 amide bonds. The average molecular weight is 328 g/mol. The van der Waals surface area contributed by atoms with Gasteiger partial charge in [0.15, 0.2) is 0 Å². The van der Waals surface area contributed by atoms with E-state index in [2.05, 4.69) is 0 Å². The summed E-state index contributed by atoms with van der Waals surface area (Å²) >= 11 is 0. The van der Waals surface area contributed by atoms with Crippen LogP contribution in [0.3, 0.4) is 0 Å². The highest BCUT2D eigenvalue weighted by Gasteiger charge is 2.30. The highest BCUT2D eigenvalue weighted by molar-refractivity contribution is 5.82. The molecule has 2 aromatic carbocycles. The van der Waals surface area contributed by atoms with Crippen molar-refractivity contribution in [3.8, 4) is 6.07 Å². The lowest BCUT2D eigenvalue weighted by Gasteiger charge is -2.10. The normalized spacial score (nSPS) is 11.4. The Balaban J connectivity index is 2.03. The predicted molar refractivity (Wildman–Crippen MR) is 83.5 cm³/mol. The van der Waals surface area contributed by atoms with Gasteiger partial charge in [-0.3, -0.25) is 4.79 Å². The van der Waals surface area contributed by atoms with Crippen LogP contribution in [0.1, 0.15) is 16.7 Å². The van der Waals surface area contributed by atoms with Gasteiger partial charge in [0, 0.05) is 11.6 Å². The Labute approximate surface area is 135 Å². The summed E-state index contributed by atoms with van der Waals surface area (Å²) in [5, 5.41) is 9.38. The van der Waals surface area contributed by atoms with Gasteiger partial charge in [0.2, 0.25) is 0 Å². The van der Waals surface area contributed by atoms with Crippen molar-refractivity contribution in [1.29, 1.82) is 5.26 Å². The molecule has 0 atom stereocenters. The number of aromatic nitrogens is 1. The quantitative estimate of drug-likeness (QED) is 0.715. The minimum Gasteiger partial charge on any atom is -0.311 e. The summed E-state index contributed by atoms with van der Waals surface area (Å²) in [5.74, 6) is 0. The molecule has 0 saturated heterocycles. The number of hydrogen-bond acceptors (Lipinski definition) is 2. The van der Waals surface area contributed by atoms with Crippen LogP contribution in [0.5, 0.6) is 0 Å². The Kier molecular flexibility index (Phi) is 3.86. The van der Waals surface area contributed by atoms with E-state index in [1.165, 1.54) is 22.9 Å². The number of rotatable bonds is 2. The number of fused-ring (bicyclic) bond motifs is 1. The number of nitriles is 1. The second kappa shape index (κ2) is 5.85. The largest absolute Gasteiger partial charge is 0.416 e. The van der Waals surface area contributed by atoms with Crippen LogP contribution in [-0.2, 0) is 12.7 Å². The van der Waals surface area contributed by atoms with Gasteiger partial charge in [0.05, 0.1) is 23.7 Å². The van der Waals surface area contributed by atoms with Crippen molar-refractivity contribution in [2.45, 2.75) is 12.7 Å². The second-order valence-electron chi connectivity index (χ2n) is 5.36. The van der Waals surface area contributed by atoms with Crippen LogP contribution in [0.4, 0.5) is 13.2 Å². The van der Waals surface area contributed by atoms with Crippen LogP contribution in [-0.4, -0.2) is 4.57 Å². The van der Waals surface area contributed by atoms with Crippen LogP contribution < -0.4 is 5.56 Å². The molecule has 24 heavy (non-hydrogen) atoms. The van der Waals surface area contributed by atoms with Gasteiger partial charge in [-0.25, -0.2) is 0 Å². The van der Waals surface area contributed by atoms with Gasteiger partial charge in [0.25, 0.3) is 5.56 Å². The zero-order valence-electron chi connectivity index (χ0n) is 12.3. The van der Waals surface area contributed by atoms with E-state index in [9.17, 15) is 18.0 Å². The molecule has 0 spiro atoms. The number of benzene rings is 2. The highest BCUT2D eigenvalue weighted by Crippen LogP contribution is 2.30. The molecule has 0 N–H and O–H groups in total. The van der Waals surface area contributed by atoms with Crippen molar-refractivity contribution < 1.29 is 13.2 Å². The van der Waals surface area contributed by atoms with Crippen LogP contribution in [0.25, 0.3) is 10.8 Å². The van der Waals surface area contributed by atoms with E-state index < -0.39 is 11.7 Å². The lowest BCUT2D eigenvalue weighted by Crippen LogP contribution is -2.20. The highest BCUT2D eigenvalue weighted by atomic mass is 19.4. The molecule has 0 aliphatic heterocycles. The molecule has 1 heterocycles. The summed E-state index contributed by atoms with van der Waals surface area (Å²) in [4.78, 5) is 12.5. The summed E-state index contributed by atoms with van der Waals surface area (Å²) in [5.41, 5.74) is 0.0935. The minimum atomic E-state index is -4.44. The Morgan fingerprint density at radius 2 is 1.88 bits per heavy atom. The van der Waals surface area contributed by atoms with Gasteiger partial charge in [0.1, 0.15) is 0 Å². The topological polar surface area (TPSA) is 45.8 Å². The first-order valence-corrected chi connectivity index (χ1v) is 7.08. The number of hydrogen-bond donors (Lipinski definition) is 0. The van der Waals surface area contributed by atoms with E-state index in [-0.39, 0.29) is 22.9 Å². The maximum atomic E-state index is 12.7. The fourth-order valence-corrected chi connectivity index (χ4v) is 2.52. The lowest BCUT2D eigenvalue weighted by molar-refractivity contribution is -0.137. The second-order valence-corrected chi connectivity index (χ2v) is 5.36. The van der Waals surface area contributed by atoms with Crippen molar-refractivity contribution in [2.24, 2.45) is 0 Å². The van der Waals surface area contributed by atoms with Crippen LogP contribution >= 0.6 is 0 Å². The van der Waals surface area contributed by atoms with Gasteiger partial charge in [-0.15, -0.1) is 0 Å². The number of alkyl halides is 3. The van der Waals surface area contributed by atoms with Gasteiger partial charge in [-0.1, -0.05) is 12.1 Å². The third-order valence-electron chi connectivity index (χ3n) is 3.71. The summed E-state index contributed by atoms with van der Waals surface area (Å²) in [6.45, 7) is 0.241. The standard InChI is InChI=1S/C18H11F3N2O/c19-18(20,21)15-4-5-16-14(9-15)6-7-23(17(16)24)11-13-3-1-2-12(8-13)10-22/h1-9H,11H2. The molecular weight excluding hydrogens is 317 g/mol. The van der Waals surface area contributed by atoms with E-state index in [4.69, 9.17) is 5.26 Å². The molecule has 6 heteroatoms. The molecule has 3 rings (SSSR count). The van der Waals surface area contributed by atoms with Crippen LogP contribution in [0.2, 0.25) is 0 Å². The maximum absolute atomic E-state index is 12.7. The van der Waals surface area contributed by atoms with Gasteiger partial charge in [-0.05, 0) is 47.3 Å². The fourth-order valence-electron chi connectivity index (χ4n) is 2.52. The Hall–Kier alpha value is -3.07. The molecule has 0 bridgehead atoms. The molecular formula is C18H11F3N2O. The van der Waals surface area contributed by atoms with E-state index in [1.807, 2.05) is 6.07 Å². The molecule has 0 unspecified atom stereocenters. The molecule has 1 aromatic heterocycles. The minimum absolute atomic E-state index is 0.224. The van der Waals surface area contributed by atoms with E-state index >= 15 is 0 Å². The van der Waals surface area contributed by atoms with Gasteiger partial charge < -0.3 is 4.57 Å². The average Bonchev–Trinajstić information content (AvgIpc) is 2.56. The molecule has 0 saturated carbocycles. The fraction of sp³-hybridized carbons (Fsp3) is 0.111. The molecule has 3 aromatic rings. The van der Waals surface area contributed by atoms with Crippen molar-refractivity contribution in [3.63, 3.8) is 0 Å². The summed E-state index contributed by atoms with van der Waals surface area (Å²) in [7, 11) is 0. The molecule has 0 aliphatic rings. The summed E-state index contributed by atoms with van der Waals surface area (Å²) in [6, 6.07) is 13.4. The van der Waals surface area contributed by atoms with E-state index in [1.54, 1.807) is 24.3 Å². The molecule has 120 valence electrons. The lowest BCUT2D eigenvalue weighted by atomic mass is 10.1. The Morgan fingerprint density at radius 1 is 1.08 bits per heavy atom. The Bertz CT molecular complexity index is 1010. The maximum Gasteiger partial charge on any atom is 0.416 e. The van der Waals surface area contributed by atoms with Crippen molar-refractivity contribution in [2.75, 3.05) is 0 Å². The summed E-state index contributed by atoms with van der Waals surface area (Å²) < 4.78 is 39.6. The smallest absolute Gasteiger partial charge is 0.311 e. The van der Waals surface area contributed by atoms with Gasteiger partial charge >= 0.3 is 6.18 Å².